The van der Waals surface area contributed by atoms with Crippen LogP contribution in [0.4, 0.5) is 5.95 Å². The Morgan fingerprint density at radius 1 is 1.48 bits per heavy atom. The second-order valence-corrected chi connectivity index (χ2v) is 5.29. The molecule has 11 nitrogen and oxygen atoms in total. The summed E-state index contributed by atoms with van der Waals surface area (Å²) in [5, 5.41) is 11.7. The van der Waals surface area contributed by atoms with Gasteiger partial charge in [-0.1, -0.05) is 0 Å². The standard InChI is InChI=1S/C12H13N5O6/c1-4(19)14-12-15-9-6(10(20)16-12)13-3-17(9)11-8-7(22-23-8)5(2-18)21-11/h3,5,7-8,11,18H,2H2,1H3,(H2,14,15,16,19,20)/t5-,7+,8?,11-/m1/s1. The molecule has 0 spiro atoms. The highest BCUT2D eigenvalue weighted by molar-refractivity contribution is 5.87. The number of hydrogen-bond donors (Lipinski definition) is 3. The van der Waals surface area contributed by atoms with Crippen molar-refractivity contribution in [2.45, 2.75) is 31.5 Å². The Hall–Kier alpha value is -2.34. The zero-order valence-corrected chi connectivity index (χ0v) is 11.9. The third kappa shape index (κ3) is 2.13. The Balaban J connectivity index is 1.77. The summed E-state index contributed by atoms with van der Waals surface area (Å²) >= 11 is 0. The van der Waals surface area contributed by atoms with E-state index in [0.717, 1.165) is 0 Å². The molecule has 4 atom stereocenters. The van der Waals surface area contributed by atoms with Gasteiger partial charge in [0.25, 0.3) is 5.56 Å². The van der Waals surface area contributed by atoms with Crippen molar-refractivity contribution in [1.82, 2.24) is 19.5 Å². The van der Waals surface area contributed by atoms with Crippen LogP contribution in [0.3, 0.4) is 0 Å². The van der Waals surface area contributed by atoms with Crippen LogP contribution >= 0.6 is 0 Å². The maximum absolute atomic E-state index is 12.0. The lowest BCUT2D eigenvalue weighted by molar-refractivity contribution is -0.462. The largest absolute Gasteiger partial charge is 0.394 e. The molecule has 0 aliphatic carbocycles. The SMILES string of the molecule is CC(=O)Nc1nc2c(ncn2[C@@H]2O[C@H](CO)[C@@H]3OOC32)c(=O)[nH]1. The van der Waals surface area contributed by atoms with E-state index in [0.29, 0.717) is 0 Å². The van der Waals surface area contributed by atoms with Gasteiger partial charge in [0.2, 0.25) is 11.9 Å². The molecular formula is C12H13N5O6. The molecule has 4 heterocycles. The summed E-state index contributed by atoms with van der Waals surface area (Å²) in [6, 6.07) is 0. The summed E-state index contributed by atoms with van der Waals surface area (Å²) in [7, 11) is 0. The van der Waals surface area contributed by atoms with Gasteiger partial charge in [0.05, 0.1) is 12.9 Å². The monoisotopic (exact) mass is 323 g/mol. The molecule has 0 bridgehead atoms. The molecule has 2 aromatic rings. The fraction of sp³-hybridized carbons (Fsp3) is 0.500. The molecule has 4 rings (SSSR count). The zero-order chi connectivity index (χ0) is 16.1. The van der Waals surface area contributed by atoms with E-state index in [1.54, 1.807) is 0 Å². The molecule has 2 saturated heterocycles. The lowest BCUT2D eigenvalue weighted by atomic mass is 10.1. The molecule has 1 amide bonds. The number of aliphatic hydroxyl groups excluding tert-OH is 1. The van der Waals surface area contributed by atoms with Crippen molar-refractivity contribution in [3.63, 3.8) is 0 Å². The average molecular weight is 323 g/mol. The van der Waals surface area contributed by atoms with Crippen LogP contribution in [0.1, 0.15) is 13.2 Å². The van der Waals surface area contributed by atoms with Gasteiger partial charge in [-0.25, -0.2) is 14.8 Å². The van der Waals surface area contributed by atoms with Crippen molar-refractivity contribution >= 4 is 23.0 Å². The van der Waals surface area contributed by atoms with Crippen LogP contribution in [0, 0.1) is 0 Å². The van der Waals surface area contributed by atoms with Crippen LogP contribution in [-0.2, 0) is 19.3 Å². The van der Waals surface area contributed by atoms with E-state index in [2.05, 4.69) is 20.3 Å². The number of hydrogen-bond acceptors (Lipinski definition) is 8. The maximum Gasteiger partial charge on any atom is 0.280 e. The minimum atomic E-state index is -0.643. The number of fused-ring (bicyclic) bond motifs is 2. The van der Waals surface area contributed by atoms with Gasteiger partial charge in [-0.05, 0) is 0 Å². The van der Waals surface area contributed by atoms with Gasteiger partial charge in [0, 0.05) is 6.92 Å². The first kappa shape index (κ1) is 14.3. The third-order valence-corrected chi connectivity index (χ3v) is 3.74. The summed E-state index contributed by atoms with van der Waals surface area (Å²) in [6.45, 7) is 1.08. The van der Waals surface area contributed by atoms with Gasteiger partial charge < -0.3 is 9.84 Å². The van der Waals surface area contributed by atoms with Crippen molar-refractivity contribution in [2.24, 2.45) is 0 Å². The van der Waals surface area contributed by atoms with Crippen LogP contribution in [-0.4, -0.2) is 55.5 Å². The number of nitrogens with zero attached hydrogens (tertiary/aromatic N) is 3. The van der Waals surface area contributed by atoms with E-state index in [1.165, 1.54) is 17.8 Å². The van der Waals surface area contributed by atoms with E-state index in [9.17, 15) is 14.7 Å². The normalized spacial score (nSPS) is 29.3. The van der Waals surface area contributed by atoms with Crippen molar-refractivity contribution in [2.75, 3.05) is 11.9 Å². The minimum absolute atomic E-state index is 0.00998. The first-order valence-corrected chi connectivity index (χ1v) is 6.91. The quantitative estimate of drug-likeness (QED) is 0.590. The highest BCUT2D eigenvalue weighted by atomic mass is 17.3. The third-order valence-electron chi connectivity index (χ3n) is 3.74. The Labute approximate surface area is 128 Å². The molecule has 0 radical (unpaired) electrons. The topological polar surface area (TPSA) is 141 Å². The van der Waals surface area contributed by atoms with E-state index >= 15 is 0 Å². The number of carbonyl (C=O) groups is 1. The molecule has 23 heavy (non-hydrogen) atoms. The number of aliphatic hydroxyl groups is 1. The van der Waals surface area contributed by atoms with Crippen LogP contribution in [0.15, 0.2) is 11.1 Å². The van der Waals surface area contributed by atoms with E-state index < -0.39 is 24.0 Å². The van der Waals surface area contributed by atoms with Gasteiger partial charge in [0.15, 0.2) is 29.6 Å². The number of anilines is 1. The Morgan fingerprint density at radius 3 is 2.87 bits per heavy atom. The number of rotatable bonds is 3. The summed E-state index contributed by atoms with van der Waals surface area (Å²) < 4.78 is 7.21. The van der Waals surface area contributed by atoms with Crippen LogP contribution in [0.5, 0.6) is 0 Å². The predicted molar refractivity (Wildman–Crippen MR) is 73.2 cm³/mol. The number of amides is 1. The number of aromatic nitrogens is 4. The van der Waals surface area contributed by atoms with Crippen LogP contribution < -0.4 is 10.9 Å². The van der Waals surface area contributed by atoms with Crippen molar-refractivity contribution < 1.29 is 24.4 Å². The van der Waals surface area contributed by atoms with Crippen LogP contribution in [0.2, 0.25) is 0 Å². The van der Waals surface area contributed by atoms with Crippen molar-refractivity contribution in [3.05, 3.63) is 16.7 Å². The molecular weight excluding hydrogens is 310 g/mol. The predicted octanol–water partition coefficient (Wildman–Crippen LogP) is -1.33. The molecule has 0 aromatic carbocycles. The second kappa shape index (κ2) is 5.09. The molecule has 3 N–H and O–H groups in total. The summed E-state index contributed by atoms with van der Waals surface area (Å²) in [4.78, 5) is 43.8. The lowest BCUT2D eigenvalue weighted by Crippen LogP contribution is -2.47. The molecule has 11 heteroatoms. The number of ether oxygens (including phenoxy) is 1. The average Bonchev–Trinajstić information content (AvgIpc) is 2.97. The molecule has 1 unspecified atom stereocenters. The highest BCUT2D eigenvalue weighted by Crippen LogP contribution is 2.40. The van der Waals surface area contributed by atoms with Crippen LogP contribution in [0.25, 0.3) is 11.2 Å². The number of imidazole rings is 1. The molecule has 122 valence electrons. The molecule has 2 aromatic heterocycles. The summed E-state index contributed by atoms with van der Waals surface area (Å²) in [5.74, 6) is -0.359. The molecule has 0 saturated carbocycles. The smallest absolute Gasteiger partial charge is 0.280 e. The van der Waals surface area contributed by atoms with E-state index in [4.69, 9.17) is 14.5 Å². The Bertz CT molecular complexity index is 829. The van der Waals surface area contributed by atoms with Crippen molar-refractivity contribution in [3.8, 4) is 0 Å². The summed E-state index contributed by atoms with van der Waals surface area (Å²) in [6.07, 6.45) is -0.606. The van der Waals surface area contributed by atoms with Gasteiger partial charge >= 0.3 is 0 Å². The first-order chi connectivity index (χ1) is 11.1. The van der Waals surface area contributed by atoms with E-state index in [-0.39, 0.29) is 35.7 Å². The van der Waals surface area contributed by atoms with Gasteiger partial charge in [-0.2, -0.15) is 4.98 Å². The number of H-pyrrole nitrogens is 1. The highest BCUT2D eigenvalue weighted by Gasteiger charge is 2.55. The fourth-order valence-electron chi connectivity index (χ4n) is 2.71. The van der Waals surface area contributed by atoms with Gasteiger partial charge in [-0.3, -0.25) is 24.5 Å². The lowest BCUT2D eigenvalue weighted by Gasteiger charge is -2.31. The van der Waals surface area contributed by atoms with Gasteiger partial charge in [-0.15, -0.1) is 0 Å². The van der Waals surface area contributed by atoms with E-state index in [1.807, 2.05) is 0 Å². The summed E-state index contributed by atoms with van der Waals surface area (Å²) in [5.41, 5.74) is -0.154. The first-order valence-electron chi connectivity index (χ1n) is 6.91. The molecule has 2 fully saturated rings. The minimum Gasteiger partial charge on any atom is -0.394 e. The Morgan fingerprint density at radius 2 is 2.26 bits per heavy atom. The number of carbonyl (C=O) groups excluding carboxylic acids is 1. The second-order valence-electron chi connectivity index (χ2n) is 5.29. The Kier molecular flexibility index (Phi) is 3.16. The molecule has 2 aliphatic rings. The van der Waals surface area contributed by atoms with Crippen molar-refractivity contribution in [1.29, 1.82) is 0 Å². The molecule has 2 aliphatic heterocycles. The fourth-order valence-corrected chi connectivity index (χ4v) is 2.71. The van der Waals surface area contributed by atoms with Gasteiger partial charge in [0.1, 0.15) is 6.10 Å². The number of aromatic amines is 1. The number of nitrogens with one attached hydrogen (secondary N) is 2. The maximum atomic E-state index is 12.0. The zero-order valence-electron chi connectivity index (χ0n) is 11.9.